The number of sulfone groups is 1. The Bertz CT molecular complexity index is 1020. The van der Waals surface area contributed by atoms with Gasteiger partial charge in [-0.2, -0.15) is 8.78 Å². The molecule has 1 N–H and O–H groups in total. The number of sulfonamides is 1. The summed E-state index contributed by atoms with van der Waals surface area (Å²) in [5.74, 6) is -4.44. The number of ether oxygens (including phenoxy) is 1. The van der Waals surface area contributed by atoms with Crippen LogP contribution in [0.4, 0.5) is 14.5 Å². The predicted octanol–water partition coefficient (Wildman–Crippen LogP) is 2.27. The van der Waals surface area contributed by atoms with Crippen LogP contribution in [0.3, 0.4) is 0 Å². The molecule has 0 aromatic heterocycles. The SMILES string of the molecule is COC(=O)c1ccccc1S(=O)(=O)Nc1ccc(S(=O)(=O)C(F)F)cc1. The highest BCUT2D eigenvalue weighted by Crippen LogP contribution is 2.23. The van der Waals surface area contributed by atoms with E-state index in [0.717, 1.165) is 31.4 Å². The number of anilines is 1. The Balaban J connectivity index is 2.36. The number of esters is 1. The summed E-state index contributed by atoms with van der Waals surface area (Å²) in [6, 6.07) is 9.05. The van der Waals surface area contributed by atoms with E-state index in [1.54, 1.807) is 0 Å². The summed E-state index contributed by atoms with van der Waals surface area (Å²) in [5.41, 5.74) is -0.266. The molecule has 0 aliphatic rings. The molecule has 2 aromatic rings. The number of alkyl halides is 2. The Kier molecular flexibility index (Phi) is 5.62. The molecule has 0 unspecified atom stereocenters. The van der Waals surface area contributed by atoms with Crippen LogP contribution in [0, 0.1) is 0 Å². The molecule has 11 heteroatoms. The summed E-state index contributed by atoms with van der Waals surface area (Å²) in [4.78, 5) is 10.7. The van der Waals surface area contributed by atoms with Crippen LogP contribution in [0.5, 0.6) is 0 Å². The highest BCUT2D eigenvalue weighted by Gasteiger charge is 2.27. The first kappa shape index (κ1) is 19.8. The van der Waals surface area contributed by atoms with Crippen molar-refractivity contribution in [1.29, 1.82) is 0 Å². The van der Waals surface area contributed by atoms with Crippen LogP contribution in [0.15, 0.2) is 58.3 Å². The maximum absolute atomic E-state index is 12.5. The highest BCUT2D eigenvalue weighted by molar-refractivity contribution is 7.93. The monoisotopic (exact) mass is 405 g/mol. The van der Waals surface area contributed by atoms with Gasteiger partial charge in [0.1, 0.15) is 4.90 Å². The van der Waals surface area contributed by atoms with Crippen molar-refractivity contribution >= 4 is 31.5 Å². The van der Waals surface area contributed by atoms with E-state index in [4.69, 9.17) is 0 Å². The summed E-state index contributed by atoms with van der Waals surface area (Å²) < 4.78 is 79.4. The molecule has 0 atom stereocenters. The van der Waals surface area contributed by atoms with Gasteiger partial charge in [-0.05, 0) is 36.4 Å². The first-order valence-corrected chi connectivity index (χ1v) is 9.95. The zero-order valence-electron chi connectivity index (χ0n) is 13.2. The van der Waals surface area contributed by atoms with E-state index in [-0.39, 0.29) is 16.1 Å². The van der Waals surface area contributed by atoms with Crippen molar-refractivity contribution in [2.45, 2.75) is 15.5 Å². The van der Waals surface area contributed by atoms with Crippen LogP contribution in [0.1, 0.15) is 10.4 Å². The summed E-state index contributed by atoms with van der Waals surface area (Å²) in [7, 11) is -7.90. The molecule has 140 valence electrons. The van der Waals surface area contributed by atoms with E-state index in [2.05, 4.69) is 9.46 Å². The number of methoxy groups -OCH3 is 1. The number of rotatable bonds is 6. The van der Waals surface area contributed by atoms with E-state index >= 15 is 0 Å². The number of benzene rings is 2. The second-order valence-electron chi connectivity index (χ2n) is 4.92. The maximum Gasteiger partial charge on any atom is 0.341 e. The van der Waals surface area contributed by atoms with Gasteiger partial charge in [0.25, 0.3) is 10.0 Å². The van der Waals surface area contributed by atoms with Gasteiger partial charge in [-0.1, -0.05) is 12.1 Å². The van der Waals surface area contributed by atoms with Crippen molar-refractivity contribution in [2.75, 3.05) is 11.8 Å². The van der Waals surface area contributed by atoms with Gasteiger partial charge in [-0.15, -0.1) is 0 Å². The van der Waals surface area contributed by atoms with Crippen LogP contribution >= 0.6 is 0 Å². The molecule has 0 amide bonds. The lowest BCUT2D eigenvalue weighted by molar-refractivity contribution is 0.0596. The lowest BCUT2D eigenvalue weighted by Crippen LogP contribution is -2.17. The third-order valence-electron chi connectivity index (χ3n) is 3.25. The van der Waals surface area contributed by atoms with Gasteiger partial charge < -0.3 is 4.74 Å². The predicted molar refractivity (Wildman–Crippen MR) is 88.2 cm³/mol. The number of hydrogen-bond donors (Lipinski definition) is 1. The number of carbonyl (C=O) groups excluding carboxylic acids is 1. The minimum absolute atomic E-state index is 0.0714. The largest absolute Gasteiger partial charge is 0.465 e. The Hall–Kier alpha value is -2.53. The summed E-state index contributed by atoms with van der Waals surface area (Å²) in [5, 5.41) is 0. The van der Waals surface area contributed by atoms with Gasteiger partial charge in [0.2, 0.25) is 9.84 Å². The Labute approximate surface area is 148 Å². The molecule has 0 bridgehead atoms. The van der Waals surface area contributed by atoms with Crippen LogP contribution in [-0.4, -0.2) is 35.7 Å². The van der Waals surface area contributed by atoms with Gasteiger partial charge in [0.15, 0.2) is 0 Å². The average molecular weight is 405 g/mol. The van der Waals surface area contributed by atoms with E-state index in [1.165, 1.54) is 24.3 Å². The minimum atomic E-state index is -4.78. The summed E-state index contributed by atoms with van der Waals surface area (Å²) >= 11 is 0. The van der Waals surface area contributed by atoms with Gasteiger partial charge in [0.05, 0.1) is 17.6 Å². The standard InChI is InChI=1S/C15H13F2NO6S2/c1-24-14(19)12-4-2-3-5-13(12)26(22,23)18-10-6-8-11(9-7-10)25(20,21)15(16)17/h2-9,15,18H,1H3. The van der Waals surface area contributed by atoms with Crippen LogP contribution in [-0.2, 0) is 24.6 Å². The maximum atomic E-state index is 12.5. The summed E-state index contributed by atoms with van der Waals surface area (Å²) in [6.07, 6.45) is 0. The van der Waals surface area contributed by atoms with Crippen molar-refractivity contribution in [3.63, 3.8) is 0 Å². The average Bonchev–Trinajstić information content (AvgIpc) is 2.61. The van der Waals surface area contributed by atoms with E-state index in [1.807, 2.05) is 0 Å². The third kappa shape index (κ3) is 3.99. The molecule has 0 radical (unpaired) electrons. The molecule has 0 saturated heterocycles. The summed E-state index contributed by atoms with van der Waals surface area (Å²) in [6.45, 7) is 0. The van der Waals surface area contributed by atoms with Gasteiger partial charge in [-0.25, -0.2) is 21.6 Å². The molecule has 0 saturated carbocycles. The number of halogens is 2. The molecular formula is C15H13F2NO6S2. The van der Waals surface area contributed by atoms with Crippen LogP contribution in [0.2, 0.25) is 0 Å². The van der Waals surface area contributed by atoms with Crippen molar-refractivity contribution in [2.24, 2.45) is 0 Å². The number of hydrogen-bond acceptors (Lipinski definition) is 6. The van der Waals surface area contributed by atoms with Gasteiger partial charge in [-0.3, -0.25) is 4.72 Å². The van der Waals surface area contributed by atoms with Crippen LogP contribution < -0.4 is 4.72 Å². The number of nitrogens with one attached hydrogen (secondary N) is 1. The molecular weight excluding hydrogens is 392 g/mol. The van der Waals surface area contributed by atoms with Crippen molar-refractivity contribution in [3.8, 4) is 0 Å². The van der Waals surface area contributed by atoms with E-state index < -0.39 is 36.5 Å². The second-order valence-corrected chi connectivity index (χ2v) is 8.49. The zero-order chi connectivity index (χ0) is 19.5. The smallest absolute Gasteiger partial charge is 0.341 e. The molecule has 0 aliphatic carbocycles. The fourth-order valence-electron chi connectivity index (χ4n) is 2.01. The van der Waals surface area contributed by atoms with Crippen molar-refractivity contribution in [1.82, 2.24) is 0 Å². The Morgan fingerprint density at radius 3 is 2.12 bits per heavy atom. The fourth-order valence-corrected chi connectivity index (χ4v) is 3.98. The van der Waals surface area contributed by atoms with E-state index in [0.29, 0.717) is 0 Å². The molecule has 26 heavy (non-hydrogen) atoms. The lowest BCUT2D eigenvalue weighted by Gasteiger charge is -2.11. The Morgan fingerprint density at radius 1 is 1.00 bits per heavy atom. The lowest BCUT2D eigenvalue weighted by atomic mass is 10.2. The van der Waals surface area contributed by atoms with Gasteiger partial charge in [0, 0.05) is 5.69 Å². The van der Waals surface area contributed by atoms with Crippen molar-refractivity contribution < 1.29 is 35.1 Å². The van der Waals surface area contributed by atoms with Crippen LogP contribution in [0.25, 0.3) is 0 Å². The second kappa shape index (κ2) is 7.38. The number of carbonyl (C=O) groups is 1. The topological polar surface area (TPSA) is 107 Å². The molecule has 2 rings (SSSR count). The van der Waals surface area contributed by atoms with Gasteiger partial charge >= 0.3 is 11.7 Å². The molecule has 0 fully saturated rings. The highest BCUT2D eigenvalue weighted by atomic mass is 32.2. The third-order valence-corrected chi connectivity index (χ3v) is 6.09. The Morgan fingerprint density at radius 2 is 1.58 bits per heavy atom. The fraction of sp³-hybridized carbons (Fsp3) is 0.133. The zero-order valence-corrected chi connectivity index (χ0v) is 14.9. The van der Waals surface area contributed by atoms with E-state index in [9.17, 15) is 30.4 Å². The van der Waals surface area contributed by atoms with Crippen molar-refractivity contribution in [3.05, 3.63) is 54.1 Å². The minimum Gasteiger partial charge on any atom is -0.465 e. The normalized spacial score (nSPS) is 12.0. The first-order valence-electron chi connectivity index (χ1n) is 6.92. The quantitative estimate of drug-likeness (QED) is 0.739. The molecule has 0 aliphatic heterocycles. The molecule has 0 spiro atoms. The molecule has 2 aromatic carbocycles. The first-order chi connectivity index (χ1) is 12.1. The molecule has 0 heterocycles. The molecule has 7 nitrogen and oxygen atoms in total.